The summed E-state index contributed by atoms with van der Waals surface area (Å²) >= 11 is 0. The topological polar surface area (TPSA) is 56.9 Å². The second-order valence-electron chi connectivity index (χ2n) is 5.49. The van der Waals surface area contributed by atoms with Crippen LogP contribution in [0.2, 0.25) is 0 Å². The highest BCUT2D eigenvalue weighted by atomic mass is 16.2. The summed E-state index contributed by atoms with van der Waals surface area (Å²) in [6.45, 7) is 0.694. The van der Waals surface area contributed by atoms with E-state index in [0.717, 1.165) is 23.0 Å². The van der Waals surface area contributed by atoms with E-state index in [1.54, 1.807) is 0 Å². The van der Waals surface area contributed by atoms with Crippen LogP contribution in [-0.4, -0.2) is 17.6 Å². The fraction of sp³-hybridized carbons (Fsp3) is 0.353. The Hall–Kier alpha value is -2.23. The number of rotatable bonds is 4. The maximum absolute atomic E-state index is 11.9. The van der Waals surface area contributed by atoms with E-state index in [1.165, 1.54) is 31.3 Å². The quantitative estimate of drug-likeness (QED) is 0.724. The molecule has 4 nitrogen and oxygen atoms in total. The van der Waals surface area contributed by atoms with Gasteiger partial charge in [-0.05, 0) is 38.2 Å². The Morgan fingerprint density at radius 2 is 2.14 bits per heavy atom. The monoisotopic (exact) mass is 283 g/mol. The predicted octanol–water partition coefficient (Wildman–Crippen LogP) is 4.18. The van der Waals surface area contributed by atoms with Crippen LogP contribution in [0.4, 0.5) is 10.5 Å². The normalized spacial score (nSPS) is 14.8. The van der Waals surface area contributed by atoms with E-state index in [2.05, 4.69) is 21.7 Å². The zero-order valence-electron chi connectivity index (χ0n) is 12.1. The molecule has 2 aromatic rings. The number of allylic oxidation sites excluding steroid dienone is 1. The SMILES string of the molecule is O=C(NCCC1=CCCCC1)Nc1c[nH]c2ccccc12. The number of benzene rings is 1. The third kappa shape index (κ3) is 3.45. The Morgan fingerprint density at radius 3 is 3.00 bits per heavy atom. The molecular formula is C17H21N3O. The molecule has 1 aliphatic carbocycles. The zero-order chi connectivity index (χ0) is 14.5. The van der Waals surface area contributed by atoms with Crippen molar-refractivity contribution in [2.75, 3.05) is 11.9 Å². The number of amides is 2. The molecule has 0 saturated carbocycles. The lowest BCUT2D eigenvalue weighted by Crippen LogP contribution is -2.29. The van der Waals surface area contributed by atoms with Crippen molar-refractivity contribution in [3.05, 3.63) is 42.1 Å². The molecule has 3 N–H and O–H groups in total. The van der Waals surface area contributed by atoms with E-state index >= 15 is 0 Å². The van der Waals surface area contributed by atoms with Gasteiger partial charge in [-0.25, -0.2) is 4.79 Å². The summed E-state index contributed by atoms with van der Waals surface area (Å²) in [5.41, 5.74) is 3.33. The fourth-order valence-electron chi connectivity index (χ4n) is 2.81. The molecule has 2 amide bonds. The lowest BCUT2D eigenvalue weighted by atomic mass is 9.97. The number of carbonyl (C=O) groups excluding carboxylic acids is 1. The number of urea groups is 1. The van der Waals surface area contributed by atoms with Crippen LogP contribution < -0.4 is 10.6 Å². The van der Waals surface area contributed by atoms with Crippen LogP contribution in [0.1, 0.15) is 32.1 Å². The molecule has 4 heteroatoms. The standard InChI is InChI=1S/C17H21N3O/c21-17(18-11-10-13-6-2-1-3-7-13)20-16-12-19-15-9-5-4-8-14(15)16/h4-6,8-9,12,19H,1-3,7,10-11H2,(H2,18,20,21). The molecule has 110 valence electrons. The summed E-state index contributed by atoms with van der Waals surface area (Å²) < 4.78 is 0. The maximum Gasteiger partial charge on any atom is 0.319 e. The van der Waals surface area contributed by atoms with Crippen molar-refractivity contribution >= 4 is 22.6 Å². The van der Waals surface area contributed by atoms with Gasteiger partial charge < -0.3 is 15.6 Å². The second-order valence-corrected chi connectivity index (χ2v) is 5.49. The minimum Gasteiger partial charge on any atom is -0.359 e. The molecule has 0 bridgehead atoms. The van der Waals surface area contributed by atoms with Crippen molar-refractivity contribution in [1.29, 1.82) is 0 Å². The van der Waals surface area contributed by atoms with Crippen molar-refractivity contribution in [2.45, 2.75) is 32.1 Å². The van der Waals surface area contributed by atoms with Gasteiger partial charge in [-0.15, -0.1) is 0 Å². The van der Waals surface area contributed by atoms with Crippen molar-refractivity contribution in [2.24, 2.45) is 0 Å². The number of fused-ring (bicyclic) bond motifs is 1. The average molecular weight is 283 g/mol. The van der Waals surface area contributed by atoms with Crippen LogP contribution >= 0.6 is 0 Å². The number of H-pyrrole nitrogens is 1. The van der Waals surface area contributed by atoms with Crippen molar-refractivity contribution in [1.82, 2.24) is 10.3 Å². The Morgan fingerprint density at radius 1 is 1.24 bits per heavy atom. The minimum absolute atomic E-state index is 0.142. The van der Waals surface area contributed by atoms with Crippen LogP contribution in [0, 0.1) is 0 Å². The van der Waals surface area contributed by atoms with Crippen molar-refractivity contribution in [3.63, 3.8) is 0 Å². The summed E-state index contributed by atoms with van der Waals surface area (Å²) in [4.78, 5) is 15.1. The van der Waals surface area contributed by atoms with E-state index in [4.69, 9.17) is 0 Å². The largest absolute Gasteiger partial charge is 0.359 e. The van der Waals surface area contributed by atoms with Gasteiger partial charge >= 0.3 is 6.03 Å². The molecule has 0 fully saturated rings. The number of hydrogen-bond donors (Lipinski definition) is 3. The number of hydrogen-bond acceptors (Lipinski definition) is 1. The molecule has 1 aromatic carbocycles. The van der Waals surface area contributed by atoms with Gasteiger partial charge in [0.1, 0.15) is 0 Å². The fourth-order valence-corrected chi connectivity index (χ4v) is 2.81. The number of para-hydroxylation sites is 1. The highest BCUT2D eigenvalue weighted by Crippen LogP contribution is 2.22. The molecule has 3 rings (SSSR count). The van der Waals surface area contributed by atoms with Crippen LogP contribution in [0.5, 0.6) is 0 Å². The molecule has 0 atom stereocenters. The van der Waals surface area contributed by atoms with Gasteiger partial charge in [0.25, 0.3) is 0 Å². The third-order valence-corrected chi connectivity index (χ3v) is 3.95. The van der Waals surface area contributed by atoms with E-state index in [-0.39, 0.29) is 6.03 Å². The molecule has 21 heavy (non-hydrogen) atoms. The minimum atomic E-state index is -0.142. The predicted molar refractivity (Wildman–Crippen MR) is 86.5 cm³/mol. The van der Waals surface area contributed by atoms with Crippen LogP contribution in [0.25, 0.3) is 10.9 Å². The Kier molecular flexibility index (Phi) is 4.24. The second kappa shape index (κ2) is 6.48. The first kappa shape index (κ1) is 13.7. The molecule has 0 radical (unpaired) electrons. The lowest BCUT2D eigenvalue weighted by molar-refractivity contribution is 0.252. The average Bonchev–Trinajstić information content (AvgIpc) is 2.92. The van der Waals surface area contributed by atoms with E-state index < -0.39 is 0 Å². The highest BCUT2D eigenvalue weighted by molar-refractivity contribution is 6.00. The van der Waals surface area contributed by atoms with E-state index in [1.807, 2.05) is 30.5 Å². The zero-order valence-corrected chi connectivity index (χ0v) is 12.1. The van der Waals surface area contributed by atoms with E-state index in [0.29, 0.717) is 6.54 Å². The molecule has 0 spiro atoms. The van der Waals surface area contributed by atoms with Gasteiger partial charge in [0.2, 0.25) is 0 Å². The van der Waals surface area contributed by atoms with Gasteiger partial charge in [0, 0.05) is 23.6 Å². The Balaban J connectivity index is 1.51. The summed E-state index contributed by atoms with van der Waals surface area (Å²) in [5.74, 6) is 0. The number of anilines is 1. The smallest absolute Gasteiger partial charge is 0.319 e. The number of aromatic nitrogens is 1. The molecule has 0 aliphatic heterocycles. The lowest BCUT2D eigenvalue weighted by Gasteiger charge is -2.13. The van der Waals surface area contributed by atoms with Crippen LogP contribution in [0.3, 0.4) is 0 Å². The Bertz CT molecular complexity index is 657. The first-order chi connectivity index (χ1) is 10.3. The van der Waals surface area contributed by atoms with Crippen LogP contribution in [0.15, 0.2) is 42.1 Å². The maximum atomic E-state index is 11.9. The molecule has 1 aliphatic rings. The van der Waals surface area contributed by atoms with E-state index in [9.17, 15) is 4.79 Å². The molecule has 0 unspecified atom stereocenters. The summed E-state index contributed by atoms with van der Waals surface area (Å²) in [5, 5.41) is 6.86. The summed E-state index contributed by atoms with van der Waals surface area (Å²) in [6, 6.07) is 7.79. The van der Waals surface area contributed by atoms with Crippen molar-refractivity contribution < 1.29 is 4.79 Å². The highest BCUT2D eigenvalue weighted by Gasteiger charge is 2.07. The van der Waals surface area contributed by atoms with Crippen LogP contribution in [-0.2, 0) is 0 Å². The van der Waals surface area contributed by atoms with Gasteiger partial charge in [-0.2, -0.15) is 0 Å². The summed E-state index contributed by atoms with van der Waals surface area (Å²) in [7, 11) is 0. The summed E-state index contributed by atoms with van der Waals surface area (Å²) in [6.07, 6.45) is 10.1. The molecular weight excluding hydrogens is 262 g/mol. The van der Waals surface area contributed by atoms with Gasteiger partial charge in [0.05, 0.1) is 5.69 Å². The first-order valence-corrected chi connectivity index (χ1v) is 7.62. The Labute approximate surface area is 124 Å². The van der Waals surface area contributed by atoms with Gasteiger partial charge in [-0.3, -0.25) is 0 Å². The van der Waals surface area contributed by atoms with Gasteiger partial charge in [-0.1, -0.05) is 29.8 Å². The number of nitrogens with one attached hydrogen (secondary N) is 3. The first-order valence-electron chi connectivity index (χ1n) is 7.62. The molecule has 1 heterocycles. The molecule has 0 saturated heterocycles. The van der Waals surface area contributed by atoms with Crippen molar-refractivity contribution in [3.8, 4) is 0 Å². The molecule has 1 aromatic heterocycles. The van der Waals surface area contributed by atoms with Gasteiger partial charge in [0.15, 0.2) is 0 Å². The third-order valence-electron chi connectivity index (χ3n) is 3.95. The number of carbonyl (C=O) groups is 1. The number of aromatic amines is 1.